The van der Waals surface area contributed by atoms with Gasteiger partial charge in [0.15, 0.2) is 0 Å². The van der Waals surface area contributed by atoms with Crippen LogP contribution in [0.1, 0.15) is 31.2 Å². The van der Waals surface area contributed by atoms with Crippen LogP contribution in [0.5, 0.6) is 0 Å². The normalized spacial score (nSPS) is 10.5. The van der Waals surface area contributed by atoms with E-state index in [2.05, 4.69) is 17.2 Å². The van der Waals surface area contributed by atoms with Crippen molar-refractivity contribution in [1.29, 1.82) is 0 Å². The lowest BCUT2D eigenvalue weighted by molar-refractivity contribution is 0.0535. The molecule has 0 bridgehead atoms. The van der Waals surface area contributed by atoms with Crippen molar-refractivity contribution < 1.29 is 14.3 Å². The first-order valence-corrected chi connectivity index (χ1v) is 6.81. The van der Waals surface area contributed by atoms with E-state index >= 15 is 0 Å². The van der Waals surface area contributed by atoms with Crippen LogP contribution in [0.15, 0.2) is 11.4 Å². The second-order valence-corrected chi connectivity index (χ2v) is 5.89. The maximum atomic E-state index is 11.3. The molecule has 0 aliphatic rings. The van der Waals surface area contributed by atoms with Crippen molar-refractivity contribution >= 4 is 17.4 Å². The van der Waals surface area contributed by atoms with Gasteiger partial charge in [0.2, 0.25) is 0 Å². The number of hydrogen-bond acceptors (Lipinski definition) is 4. The molecule has 1 N–H and O–H groups in total. The van der Waals surface area contributed by atoms with Crippen LogP contribution in [0, 0.1) is 11.8 Å². The molecule has 19 heavy (non-hydrogen) atoms. The second kappa shape index (κ2) is 7.17. The predicted octanol–water partition coefficient (Wildman–Crippen LogP) is 2.77. The molecular weight excluding hydrogens is 262 g/mol. The minimum absolute atomic E-state index is 0.268. The molecule has 0 aliphatic heterocycles. The number of hydrogen-bond donors (Lipinski definition) is 1. The lowest BCUT2D eigenvalue weighted by Gasteiger charge is -2.18. The molecule has 1 heterocycles. The molecule has 0 aliphatic carbocycles. The van der Waals surface area contributed by atoms with E-state index in [0.29, 0.717) is 6.61 Å². The summed E-state index contributed by atoms with van der Waals surface area (Å²) in [6, 6.07) is 1.98. The molecule has 1 aromatic heterocycles. The van der Waals surface area contributed by atoms with E-state index in [-0.39, 0.29) is 6.54 Å². The highest BCUT2D eigenvalue weighted by atomic mass is 32.1. The summed E-state index contributed by atoms with van der Waals surface area (Å²) in [6.45, 7) is 6.33. The van der Waals surface area contributed by atoms with Crippen molar-refractivity contribution in [2.75, 3.05) is 13.7 Å². The highest BCUT2D eigenvalue weighted by molar-refractivity contribution is 7.10. The molecule has 4 nitrogen and oxygen atoms in total. The van der Waals surface area contributed by atoms with E-state index < -0.39 is 11.7 Å². The predicted molar refractivity (Wildman–Crippen MR) is 76.1 cm³/mol. The minimum atomic E-state index is -0.486. The Balaban J connectivity index is 2.36. The van der Waals surface area contributed by atoms with E-state index in [1.165, 1.54) is 0 Å². The van der Waals surface area contributed by atoms with Gasteiger partial charge in [-0.3, -0.25) is 0 Å². The maximum absolute atomic E-state index is 11.3. The zero-order valence-electron chi connectivity index (χ0n) is 11.7. The Morgan fingerprint density at radius 1 is 1.47 bits per heavy atom. The summed E-state index contributed by atoms with van der Waals surface area (Å²) in [5, 5.41) is 4.55. The molecular formula is C14H19NO3S. The lowest BCUT2D eigenvalue weighted by atomic mass is 10.2. The van der Waals surface area contributed by atoms with Crippen LogP contribution in [-0.2, 0) is 16.1 Å². The summed E-state index contributed by atoms with van der Waals surface area (Å²) in [5.41, 5.74) is 0.447. The van der Waals surface area contributed by atoms with Crippen molar-refractivity contribution in [3.8, 4) is 11.8 Å². The number of thiophene rings is 1. The quantitative estimate of drug-likeness (QED) is 0.867. The first kappa shape index (κ1) is 15.5. The number of carbonyl (C=O) groups is 1. The second-order valence-electron chi connectivity index (χ2n) is 4.89. The highest BCUT2D eigenvalue weighted by Crippen LogP contribution is 2.14. The van der Waals surface area contributed by atoms with Gasteiger partial charge in [-0.25, -0.2) is 4.79 Å². The molecule has 0 spiro atoms. The zero-order chi connectivity index (χ0) is 14.3. The van der Waals surface area contributed by atoms with Crippen LogP contribution in [0.2, 0.25) is 0 Å². The molecule has 0 saturated carbocycles. The van der Waals surface area contributed by atoms with Gasteiger partial charge in [0, 0.05) is 22.9 Å². The maximum Gasteiger partial charge on any atom is 0.408 e. The highest BCUT2D eigenvalue weighted by Gasteiger charge is 2.14. The van der Waals surface area contributed by atoms with Crippen molar-refractivity contribution in [2.24, 2.45) is 0 Å². The third-order valence-electron chi connectivity index (χ3n) is 1.89. The molecule has 1 amide bonds. The lowest BCUT2D eigenvalue weighted by Crippen LogP contribution is -2.32. The first-order chi connectivity index (χ1) is 8.90. The molecule has 104 valence electrons. The van der Waals surface area contributed by atoms with E-state index in [1.807, 2.05) is 32.2 Å². The van der Waals surface area contributed by atoms with Crippen LogP contribution >= 0.6 is 11.3 Å². The molecule has 0 unspecified atom stereocenters. The van der Waals surface area contributed by atoms with Gasteiger partial charge in [0.1, 0.15) is 5.60 Å². The van der Waals surface area contributed by atoms with Gasteiger partial charge in [-0.15, -0.1) is 11.3 Å². The van der Waals surface area contributed by atoms with Crippen LogP contribution in [-0.4, -0.2) is 25.3 Å². The Kier molecular flexibility index (Phi) is 5.87. The standard InChI is InChI=1S/C14H19NO3S/c1-14(2,3)18-13(16)15-7-5-6-11-8-12(9-17-4)19-10-11/h8,10H,7,9H2,1-4H3,(H,15,16). The zero-order valence-corrected chi connectivity index (χ0v) is 12.5. The Bertz CT molecular complexity index is 477. The Labute approximate surface area is 118 Å². The summed E-state index contributed by atoms with van der Waals surface area (Å²) in [4.78, 5) is 12.5. The summed E-state index contributed by atoms with van der Waals surface area (Å²) < 4.78 is 10.1. The number of ether oxygens (including phenoxy) is 2. The Morgan fingerprint density at radius 2 is 2.21 bits per heavy atom. The summed E-state index contributed by atoms with van der Waals surface area (Å²) in [6.07, 6.45) is -0.452. The van der Waals surface area contributed by atoms with Gasteiger partial charge in [0.25, 0.3) is 0 Å². The fraction of sp³-hybridized carbons (Fsp3) is 0.500. The number of carbonyl (C=O) groups excluding carboxylic acids is 1. The van der Waals surface area contributed by atoms with Crippen molar-refractivity contribution in [1.82, 2.24) is 5.32 Å². The topological polar surface area (TPSA) is 47.6 Å². The van der Waals surface area contributed by atoms with Crippen molar-refractivity contribution in [3.63, 3.8) is 0 Å². The Hall–Kier alpha value is -1.51. The van der Waals surface area contributed by atoms with E-state index in [0.717, 1.165) is 10.4 Å². The number of rotatable bonds is 3. The van der Waals surface area contributed by atoms with Crippen LogP contribution in [0.25, 0.3) is 0 Å². The number of amides is 1. The van der Waals surface area contributed by atoms with Gasteiger partial charge in [-0.1, -0.05) is 11.8 Å². The van der Waals surface area contributed by atoms with Crippen LogP contribution in [0.3, 0.4) is 0 Å². The van der Waals surface area contributed by atoms with Crippen molar-refractivity contribution in [2.45, 2.75) is 33.0 Å². The summed E-state index contributed by atoms with van der Waals surface area (Å²) in [5.74, 6) is 5.85. The van der Waals surface area contributed by atoms with Crippen LogP contribution in [0.4, 0.5) is 4.79 Å². The Morgan fingerprint density at radius 3 is 2.84 bits per heavy atom. The molecule has 0 radical (unpaired) electrons. The largest absolute Gasteiger partial charge is 0.444 e. The molecule has 1 rings (SSSR count). The monoisotopic (exact) mass is 281 g/mol. The van der Waals surface area contributed by atoms with Gasteiger partial charge >= 0.3 is 6.09 Å². The van der Waals surface area contributed by atoms with E-state index in [4.69, 9.17) is 9.47 Å². The molecule has 0 atom stereocenters. The van der Waals surface area contributed by atoms with Gasteiger partial charge in [0.05, 0.1) is 13.2 Å². The average molecular weight is 281 g/mol. The van der Waals surface area contributed by atoms with Crippen LogP contribution < -0.4 is 5.32 Å². The van der Waals surface area contributed by atoms with Gasteiger partial charge < -0.3 is 14.8 Å². The molecule has 0 saturated heterocycles. The van der Waals surface area contributed by atoms with E-state index in [9.17, 15) is 4.79 Å². The number of methoxy groups -OCH3 is 1. The third kappa shape index (κ3) is 6.85. The molecule has 5 heteroatoms. The number of alkyl carbamates (subject to hydrolysis) is 1. The molecule has 0 aromatic carbocycles. The average Bonchev–Trinajstić information content (AvgIpc) is 2.70. The summed E-state index contributed by atoms with van der Waals surface area (Å²) >= 11 is 1.61. The third-order valence-corrected chi connectivity index (χ3v) is 2.80. The fourth-order valence-electron chi connectivity index (χ4n) is 1.24. The van der Waals surface area contributed by atoms with Gasteiger partial charge in [-0.2, -0.15) is 0 Å². The molecule has 0 fully saturated rings. The van der Waals surface area contributed by atoms with E-state index in [1.54, 1.807) is 18.4 Å². The minimum Gasteiger partial charge on any atom is -0.444 e. The van der Waals surface area contributed by atoms with Gasteiger partial charge in [-0.05, 0) is 26.8 Å². The first-order valence-electron chi connectivity index (χ1n) is 5.93. The smallest absolute Gasteiger partial charge is 0.408 e. The summed E-state index contributed by atoms with van der Waals surface area (Å²) in [7, 11) is 1.66. The molecule has 1 aromatic rings. The fourth-order valence-corrected chi connectivity index (χ4v) is 2.03. The van der Waals surface area contributed by atoms with Crippen molar-refractivity contribution in [3.05, 3.63) is 21.9 Å². The SMILES string of the molecule is COCc1cc(C#CCNC(=O)OC(C)(C)C)cs1. The number of nitrogens with one attached hydrogen (secondary N) is 1.